The van der Waals surface area contributed by atoms with Crippen LogP contribution in [0.5, 0.6) is 0 Å². The predicted molar refractivity (Wildman–Crippen MR) is 87.8 cm³/mol. The van der Waals surface area contributed by atoms with E-state index in [1.54, 1.807) is 0 Å². The molecule has 1 saturated carbocycles. The molecule has 122 valence electrons. The number of hydrogen-bond acceptors (Lipinski definition) is 3. The monoisotopic (exact) mass is 334 g/mol. The number of nitrogens with one attached hydrogen (secondary N) is 2. The maximum Gasteiger partial charge on any atom is 0.260 e. The lowest BCUT2D eigenvalue weighted by Crippen LogP contribution is -2.40. The summed E-state index contributed by atoms with van der Waals surface area (Å²) in [7, 11) is 0. The van der Waals surface area contributed by atoms with Gasteiger partial charge in [-0.05, 0) is 44.2 Å². The molecule has 0 aliphatic heterocycles. The standard InChI is InChI=1S/C16H19ClN4O2/c1-10-7-19-21(9-10)13-4-2-12(3-5-13)20-16(23)14-6-11(17)8-18-15(14)22/h6-9,12-13H,2-5H2,1H3,(H,18,22)(H,20,23). The Morgan fingerprint density at radius 3 is 2.78 bits per heavy atom. The number of aromatic nitrogens is 3. The maximum absolute atomic E-state index is 12.2. The zero-order valence-electron chi connectivity index (χ0n) is 12.9. The van der Waals surface area contributed by atoms with Gasteiger partial charge in [0.1, 0.15) is 5.56 Å². The Labute approximate surface area is 138 Å². The van der Waals surface area contributed by atoms with Gasteiger partial charge >= 0.3 is 0 Å². The molecule has 2 aromatic heterocycles. The van der Waals surface area contributed by atoms with Gasteiger partial charge in [0.05, 0.1) is 17.3 Å². The molecule has 0 atom stereocenters. The molecule has 0 unspecified atom stereocenters. The molecule has 0 bridgehead atoms. The van der Waals surface area contributed by atoms with Crippen LogP contribution in [-0.4, -0.2) is 26.7 Å². The van der Waals surface area contributed by atoms with E-state index in [4.69, 9.17) is 11.6 Å². The Morgan fingerprint density at radius 1 is 1.39 bits per heavy atom. The van der Waals surface area contributed by atoms with Crippen LogP contribution < -0.4 is 10.9 Å². The number of carbonyl (C=O) groups is 1. The lowest BCUT2D eigenvalue weighted by atomic mass is 9.91. The molecule has 7 heteroatoms. The molecular formula is C16H19ClN4O2. The van der Waals surface area contributed by atoms with Crippen LogP contribution in [0.15, 0.2) is 29.5 Å². The van der Waals surface area contributed by atoms with Gasteiger partial charge in [-0.1, -0.05) is 11.6 Å². The molecule has 1 fully saturated rings. The normalized spacial score (nSPS) is 21.1. The highest BCUT2D eigenvalue weighted by Crippen LogP contribution is 2.28. The van der Waals surface area contributed by atoms with Gasteiger partial charge in [0.25, 0.3) is 11.5 Å². The molecule has 0 spiro atoms. The fourth-order valence-electron chi connectivity index (χ4n) is 3.01. The summed E-state index contributed by atoms with van der Waals surface area (Å²) in [5, 5.41) is 7.64. The second-order valence-corrected chi connectivity index (χ2v) is 6.47. The molecule has 23 heavy (non-hydrogen) atoms. The first kappa shape index (κ1) is 15.8. The van der Waals surface area contributed by atoms with E-state index in [1.807, 2.05) is 17.8 Å². The molecule has 0 radical (unpaired) electrons. The SMILES string of the molecule is Cc1cnn(C2CCC(NC(=O)c3cc(Cl)c[nH]c3=O)CC2)c1. The molecule has 1 aliphatic rings. The number of aromatic amines is 1. The summed E-state index contributed by atoms with van der Waals surface area (Å²) in [5.74, 6) is -0.368. The van der Waals surface area contributed by atoms with Gasteiger partial charge in [0.15, 0.2) is 0 Å². The third-order valence-corrected chi connectivity index (χ3v) is 4.47. The molecule has 2 N–H and O–H groups in total. The van der Waals surface area contributed by atoms with Crippen LogP contribution in [-0.2, 0) is 0 Å². The average molecular weight is 335 g/mol. The van der Waals surface area contributed by atoms with Gasteiger partial charge in [0.2, 0.25) is 0 Å². The number of aryl methyl sites for hydroxylation is 1. The summed E-state index contributed by atoms with van der Waals surface area (Å²) in [6, 6.07) is 1.86. The Kier molecular flexibility index (Phi) is 4.52. The fraction of sp³-hybridized carbons (Fsp3) is 0.438. The van der Waals surface area contributed by atoms with E-state index in [9.17, 15) is 9.59 Å². The first-order valence-electron chi connectivity index (χ1n) is 7.73. The lowest BCUT2D eigenvalue weighted by molar-refractivity contribution is 0.0920. The van der Waals surface area contributed by atoms with E-state index in [1.165, 1.54) is 12.3 Å². The smallest absolute Gasteiger partial charge is 0.260 e. The van der Waals surface area contributed by atoms with E-state index in [2.05, 4.69) is 21.6 Å². The number of carbonyl (C=O) groups excluding carboxylic acids is 1. The van der Waals surface area contributed by atoms with Gasteiger partial charge < -0.3 is 10.3 Å². The average Bonchev–Trinajstić information content (AvgIpc) is 2.97. The van der Waals surface area contributed by atoms with Crippen molar-refractivity contribution in [2.75, 3.05) is 0 Å². The maximum atomic E-state index is 12.2. The van der Waals surface area contributed by atoms with Gasteiger partial charge in [-0.15, -0.1) is 0 Å². The van der Waals surface area contributed by atoms with Crippen LogP contribution in [0, 0.1) is 6.92 Å². The minimum Gasteiger partial charge on any atom is -0.349 e. The summed E-state index contributed by atoms with van der Waals surface area (Å²) in [6.45, 7) is 2.03. The quantitative estimate of drug-likeness (QED) is 0.904. The fourth-order valence-corrected chi connectivity index (χ4v) is 3.17. The topological polar surface area (TPSA) is 79.8 Å². The molecule has 2 heterocycles. The summed E-state index contributed by atoms with van der Waals surface area (Å²) >= 11 is 5.83. The highest BCUT2D eigenvalue weighted by atomic mass is 35.5. The van der Waals surface area contributed by atoms with Crippen LogP contribution in [0.2, 0.25) is 5.02 Å². The van der Waals surface area contributed by atoms with Crippen molar-refractivity contribution in [1.82, 2.24) is 20.1 Å². The first-order chi connectivity index (χ1) is 11.0. The first-order valence-corrected chi connectivity index (χ1v) is 8.10. The minimum absolute atomic E-state index is 0.0577. The third kappa shape index (κ3) is 3.64. The molecule has 1 aliphatic carbocycles. The molecule has 1 amide bonds. The van der Waals surface area contributed by atoms with E-state index in [0.29, 0.717) is 11.1 Å². The van der Waals surface area contributed by atoms with Crippen LogP contribution in [0.4, 0.5) is 0 Å². The van der Waals surface area contributed by atoms with Gasteiger partial charge in [-0.2, -0.15) is 5.10 Å². The number of pyridine rings is 1. The highest BCUT2D eigenvalue weighted by Gasteiger charge is 2.24. The van der Waals surface area contributed by atoms with Gasteiger partial charge in [-0.3, -0.25) is 14.3 Å². The predicted octanol–water partition coefficient (Wildman–Crippen LogP) is 2.45. The van der Waals surface area contributed by atoms with Crippen LogP contribution >= 0.6 is 11.6 Å². The largest absolute Gasteiger partial charge is 0.349 e. The number of halogens is 1. The van der Waals surface area contributed by atoms with Crippen molar-refractivity contribution in [3.63, 3.8) is 0 Å². The van der Waals surface area contributed by atoms with E-state index >= 15 is 0 Å². The van der Waals surface area contributed by atoms with E-state index < -0.39 is 5.56 Å². The van der Waals surface area contributed by atoms with Crippen molar-refractivity contribution in [2.24, 2.45) is 0 Å². The summed E-state index contributed by atoms with van der Waals surface area (Å²) in [4.78, 5) is 26.4. The number of amides is 1. The van der Waals surface area contributed by atoms with Crippen molar-refractivity contribution >= 4 is 17.5 Å². The van der Waals surface area contributed by atoms with Crippen molar-refractivity contribution in [3.8, 4) is 0 Å². The minimum atomic E-state index is -0.424. The number of nitrogens with zero attached hydrogens (tertiary/aromatic N) is 2. The van der Waals surface area contributed by atoms with E-state index in [-0.39, 0.29) is 17.5 Å². The third-order valence-electron chi connectivity index (χ3n) is 4.25. The molecule has 3 rings (SSSR count). The van der Waals surface area contributed by atoms with Crippen molar-refractivity contribution < 1.29 is 4.79 Å². The Bertz CT molecular complexity index is 759. The highest BCUT2D eigenvalue weighted by molar-refractivity contribution is 6.30. The van der Waals surface area contributed by atoms with Gasteiger partial charge in [-0.25, -0.2) is 0 Å². The Morgan fingerprint density at radius 2 is 2.13 bits per heavy atom. The van der Waals surface area contributed by atoms with Gasteiger partial charge in [0, 0.05) is 18.4 Å². The molecule has 2 aromatic rings. The summed E-state index contributed by atoms with van der Waals surface area (Å²) in [6.07, 6.45) is 8.93. The lowest BCUT2D eigenvalue weighted by Gasteiger charge is -2.29. The molecule has 0 aromatic carbocycles. The zero-order chi connectivity index (χ0) is 16.4. The molecule has 0 saturated heterocycles. The molecule has 6 nitrogen and oxygen atoms in total. The summed E-state index contributed by atoms with van der Waals surface area (Å²) < 4.78 is 2.01. The Balaban J connectivity index is 1.59. The molecular weight excluding hydrogens is 316 g/mol. The number of rotatable bonds is 3. The van der Waals surface area contributed by atoms with Crippen LogP contribution in [0.25, 0.3) is 0 Å². The zero-order valence-corrected chi connectivity index (χ0v) is 13.6. The van der Waals surface area contributed by atoms with Crippen molar-refractivity contribution in [1.29, 1.82) is 0 Å². The van der Waals surface area contributed by atoms with Crippen LogP contribution in [0.1, 0.15) is 47.6 Å². The van der Waals surface area contributed by atoms with E-state index in [0.717, 1.165) is 31.2 Å². The van der Waals surface area contributed by atoms with Crippen molar-refractivity contribution in [3.05, 3.63) is 51.2 Å². The number of hydrogen-bond donors (Lipinski definition) is 2. The van der Waals surface area contributed by atoms with Crippen LogP contribution in [0.3, 0.4) is 0 Å². The second-order valence-electron chi connectivity index (χ2n) is 6.04. The van der Waals surface area contributed by atoms with Crippen molar-refractivity contribution in [2.45, 2.75) is 44.7 Å². The second kappa shape index (κ2) is 6.58. The Hall–Kier alpha value is -2.08. The number of H-pyrrole nitrogens is 1. The summed E-state index contributed by atoms with van der Waals surface area (Å²) in [5.41, 5.74) is 0.788.